The quantitative estimate of drug-likeness (QED) is 0.831. The lowest BCUT2D eigenvalue weighted by Gasteiger charge is -2.51. The fraction of sp³-hybridized carbons (Fsp3) is 0.867. The molecule has 5 heteroatoms. The molecule has 2 saturated heterocycles. The Hall–Kier alpha value is -1.10. The van der Waals surface area contributed by atoms with Crippen LogP contribution in [0.2, 0.25) is 0 Å². The minimum Gasteiger partial charge on any atom is -0.379 e. The summed E-state index contributed by atoms with van der Waals surface area (Å²) in [6.45, 7) is 10.9. The van der Waals surface area contributed by atoms with Crippen LogP contribution in [0.5, 0.6) is 0 Å². The normalized spacial score (nSPS) is 35.4. The first kappa shape index (κ1) is 15.3. The first-order chi connectivity index (χ1) is 9.21. The van der Waals surface area contributed by atoms with E-state index in [-0.39, 0.29) is 23.3 Å². The Morgan fingerprint density at radius 1 is 1.40 bits per heavy atom. The summed E-state index contributed by atoms with van der Waals surface area (Å²) in [5, 5.41) is 2.93. The van der Waals surface area contributed by atoms with E-state index in [9.17, 15) is 9.59 Å². The van der Waals surface area contributed by atoms with Crippen LogP contribution in [0, 0.1) is 5.41 Å². The maximum atomic E-state index is 12.9. The summed E-state index contributed by atoms with van der Waals surface area (Å²) >= 11 is 0. The molecule has 0 radical (unpaired) electrons. The van der Waals surface area contributed by atoms with Gasteiger partial charge in [0, 0.05) is 6.61 Å². The van der Waals surface area contributed by atoms with Gasteiger partial charge in [0.2, 0.25) is 11.8 Å². The molecule has 0 aromatic heterocycles. The second-order valence-electron chi connectivity index (χ2n) is 7.13. The summed E-state index contributed by atoms with van der Waals surface area (Å²) < 4.78 is 5.43. The minimum absolute atomic E-state index is 0.0170. The Morgan fingerprint density at radius 3 is 2.50 bits per heavy atom. The molecule has 0 saturated carbocycles. The molecule has 2 amide bonds. The zero-order valence-corrected chi connectivity index (χ0v) is 13.2. The fourth-order valence-corrected chi connectivity index (χ4v) is 3.07. The largest absolute Gasteiger partial charge is 0.379 e. The molecule has 2 aliphatic heterocycles. The Morgan fingerprint density at radius 2 is 2.05 bits per heavy atom. The van der Waals surface area contributed by atoms with Gasteiger partial charge in [0.15, 0.2) is 0 Å². The maximum Gasteiger partial charge on any atom is 0.246 e. The van der Waals surface area contributed by atoms with Crippen molar-refractivity contribution in [2.24, 2.45) is 5.41 Å². The number of nitrogens with one attached hydrogen (secondary N) is 1. The monoisotopic (exact) mass is 282 g/mol. The zero-order chi connectivity index (χ0) is 15.1. The summed E-state index contributed by atoms with van der Waals surface area (Å²) in [7, 11) is 0. The molecule has 1 N–H and O–H groups in total. The molecule has 3 unspecified atom stereocenters. The highest BCUT2D eigenvalue weighted by Gasteiger charge is 2.53. The molecule has 0 bridgehead atoms. The molecule has 0 aromatic carbocycles. The van der Waals surface area contributed by atoms with Crippen LogP contribution in [0.4, 0.5) is 0 Å². The van der Waals surface area contributed by atoms with Crippen molar-refractivity contribution in [3.8, 4) is 0 Å². The van der Waals surface area contributed by atoms with E-state index >= 15 is 0 Å². The third-order valence-corrected chi connectivity index (χ3v) is 4.61. The number of ether oxygens (including phenoxy) is 1. The number of piperazine rings is 1. The van der Waals surface area contributed by atoms with Crippen LogP contribution in [-0.4, -0.2) is 47.6 Å². The summed E-state index contributed by atoms with van der Waals surface area (Å²) in [6, 6.07) is -0.446. The van der Waals surface area contributed by atoms with Crippen molar-refractivity contribution in [3.63, 3.8) is 0 Å². The first-order valence-corrected chi connectivity index (χ1v) is 7.43. The highest BCUT2D eigenvalue weighted by atomic mass is 16.5. The van der Waals surface area contributed by atoms with Gasteiger partial charge < -0.3 is 15.0 Å². The van der Waals surface area contributed by atoms with Gasteiger partial charge in [-0.05, 0) is 25.2 Å². The fourth-order valence-electron chi connectivity index (χ4n) is 3.07. The van der Waals surface area contributed by atoms with Gasteiger partial charge in [-0.1, -0.05) is 27.7 Å². The van der Waals surface area contributed by atoms with Gasteiger partial charge in [0.1, 0.15) is 11.6 Å². The van der Waals surface area contributed by atoms with Gasteiger partial charge in [0.05, 0.1) is 12.6 Å². The molecule has 2 rings (SSSR count). The molecule has 0 aliphatic carbocycles. The second-order valence-corrected chi connectivity index (χ2v) is 7.13. The lowest BCUT2D eigenvalue weighted by Crippen LogP contribution is -2.73. The molecule has 2 fully saturated rings. The third-order valence-electron chi connectivity index (χ3n) is 4.61. The van der Waals surface area contributed by atoms with Crippen molar-refractivity contribution in [1.82, 2.24) is 10.2 Å². The minimum atomic E-state index is -0.767. The van der Waals surface area contributed by atoms with Crippen LogP contribution < -0.4 is 5.32 Å². The van der Waals surface area contributed by atoms with E-state index in [2.05, 4.69) is 5.32 Å². The van der Waals surface area contributed by atoms with Crippen molar-refractivity contribution in [1.29, 1.82) is 0 Å². The number of hydrogen-bond donors (Lipinski definition) is 1. The predicted octanol–water partition coefficient (Wildman–Crippen LogP) is 1.32. The average Bonchev–Trinajstić information content (AvgIpc) is 2.86. The molecule has 0 aromatic rings. The molecule has 0 spiro atoms. The Balaban J connectivity index is 2.39. The Bertz CT molecular complexity index is 410. The summed E-state index contributed by atoms with van der Waals surface area (Å²) in [5.41, 5.74) is -1.06. The summed E-state index contributed by atoms with van der Waals surface area (Å²) in [5.74, 6) is -0.0247. The van der Waals surface area contributed by atoms with E-state index in [1.807, 2.05) is 34.6 Å². The Labute approximate surface area is 121 Å². The van der Waals surface area contributed by atoms with Crippen LogP contribution in [0.3, 0.4) is 0 Å². The number of carbonyl (C=O) groups excluding carboxylic acids is 2. The van der Waals surface area contributed by atoms with Crippen LogP contribution in [0.15, 0.2) is 0 Å². The highest BCUT2D eigenvalue weighted by molar-refractivity contribution is 6.00. The summed E-state index contributed by atoms with van der Waals surface area (Å²) in [6.07, 6.45) is 1.42. The van der Waals surface area contributed by atoms with Gasteiger partial charge in [-0.25, -0.2) is 0 Å². The Kier molecular flexibility index (Phi) is 3.84. The van der Waals surface area contributed by atoms with Gasteiger partial charge >= 0.3 is 0 Å². The second kappa shape index (κ2) is 5.02. The van der Waals surface area contributed by atoms with Gasteiger partial charge in [-0.2, -0.15) is 0 Å². The zero-order valence-electron chi connectivity index (χ0n) is 13.2. The van der Waals surface area contributed by atoms with Crippen LogP contribution in [-0.2, 0) is 14.3 Å². The van der Waals surface area contributed by atoms with Gasteiger partial charge in [-0.15, -0.1) is 0 Å². The SMILES string of the molecule is CCC1(C)C(=O)NC(C(C)(C)C)C(=O)N1C1CCOC1. The molecule has 2 heterocycles. The number of amides is 2. The van der Waals surface area contributed by atoms with Crippen LogP contribution >= 0.6 is 0 Å². The van der Waals surface area contributed by atoms with E-state index < -0.39 is 11.6 Å². The van der Waals surface area contributed by atoms with Crippen molar-refractivity contribution in [3.05, 3.63) is 0 Å². The molecule has 2 aliphatic rings. The number of hydrogen-bond acceptors (Lipinski definition) is 3. The average molecular weight is 282 g/mol. The van der Waals surface area contributed by atoms with E-state index in [4.69, 9.17) is 4.74 Å². The highest BCUT2D eigenvalue weighted by Crippen LogP contribution is 2.34. The molecular weight excluding hydrogens is 256 g/mol. The molecular formula is C15H26N2O3. The topological polar surface area (TPSA) is 58.6 Å². The third kappa shape index (κ3) is 2.32. The van der Waals surface area contributed by atoms with Crippen LogP contribution in [0.1, 0.15) is 47.5 Å². The molecule has 114 valence electrons. The number of nitrogens with zero attached hydrogens (tertiary/aromatic N) is 1. The number of rotatable bonds is 2. The van der Waals surface area contributed by atoms with Gasteiger partial charge in [0.25, 0.3) is 0 Å². The first-order valence-electron chi connectivity index (χ1n) is 7.43. The van der Waals surface area contributed by atoms with E-state index in [0.29, 0.717) is 19.6 Å². The standard InChI is InChI=1S/C15H26N2O3/c1-6-15(5)13(19)16-11(14(2,3)4)12(18)17(15)10-7-8-20-9-10/h10-11H,6-9H2,1-5H3,(H,16,19). The molecule has 20 heavy (non-hydrogen) atoms. The maximum absolute atomic E-state index is 12.9. The summed E-state index contributed by atoms with van der Waals surface area (Å²) in [4.78, 5) is 27.3. The lowest BCUT2D eigenvalue weighted by atomic mass is 9.80. The van der Waals surface area contributed by atoms with E-state index in [1.165, 1.54) is 0 Å². The van der Waals surface area contributed by atoms with Crippen molar-refractivity contribution in [2.75, 3.05) is 13.2 Å². The molecule has 5 nitrogen and oxygen atoms in total. The van der Waals surface area contributed by atoms with Gasteiger partial charge in [-0.3, -0.25) is 9.59 Å². The van der Waals surface area contributed by atoms with Crippen molar-refractivity contribution < 1.29 is 14.3 Å². The predicted molar refractivity (Wildman–Crippen MR) is 76.2 cm³/mol. The van der Waals surface area contributed by atoms with E-state index in [1.54, 1.807) is 4.90 Å². The van der Waals surface area contributed by atoms with E-state index in [0.717, 1.165) is 6.42 Å². The number of carbonyl (C=O) groups is 2. The lowest BCUT2D eigenvalue weighted by molar-refractivity contribution is -0.163. The van der Waals surface area contributed by atoms with Crippen molar-refractivity contribution >= 4 is 11.8 Å². The molecule has 3 atom stereocenters. The smallest absolute Gasteiger partial charge is 0.246 e. The van der Waals surface area contributed by atoms with Crippen LogP contribution in [0.25, 0.3) is 0 Å². The van der Waals surface area contributed by atoms with Crippen molar-refractivity contribution in [2.45, 2.75) is 65.1 Å².